The first-order valence-electron chi connectivity index (χ1n) is 8.35. The lowest BCUT2D eigenvalue weighted by molar-refractivity contribution is -0.118. The Labute approximate surface area is 157 Å². The minimum Gasteiger partial charge on any atom is -0.497 e. The summed E-state index contributed by atoms with van der Waals surface area (Å²) in [4.78, 5) is 12.2. The Kier molecular flexibility index (Phi) is 5.73. The molecule has 1 aliphatic heterocycles. The van der Waals surface area contributed by atoms with Crippen LogP contribution in [0.2, 0.25) is 0 Å². The average Bonchev–Trinajstić information content (AvgIpc) is 3.01. The normalized spacial score (nSPS) is 18.9. The third kappa shape index (κ3) is 4.52. The highest BCUT2D eigenvalue weighted by atomic mass is 32.2. The molecule has 26 heavy (non-hydrogen) atoms. The van der Waals surface area contributed by atoms with Crippen LogP contribution in [-0.2, 0) is 11.2 Å². The van der Waals surface area contributed by atoms with Crippen LogP contribution in [0, 0.1) is 6.92 Å². The number of rotatable bonds is 5. The Balaban J connectivity index is 1.65. The van der Waals surface area contributed by atoms with Crippen molar-refractivity contribution < 1.29 is 9.53 Å². The lowest BCUT2D eigenvalue weighted by Crippen LogP contribution is -2.25. The van der Waals surface area contributed by atoms with E-state index < -0.39 is 0 Å². The number of thioether (sulfide) groups is 1. The number of hydrogen-bond acceptors (Lipinski definition) is 5. The van der Waals surface area contributed by atoms with Gasteiger partial charge in [-0.2, -0.15) is 5.10 Å². The van der Waals surface area contributed by atoms with E-state index in [1.165, 1.54) is 17.3 Å². The van der Waals surface area contributed by atoms with Gasteiger partial charge in [0.15, 0.2) is 5.17 Å². The first kappa shape index (κ1) is 18.2. The summed E-state index contributed by atoms with van der Waals surface area (Å²) < 4.78 is 5.15. The maximum absolute atomic E-state index is 12.2. The fraction of sp³-hybridized carbons (Fsp3) is 0.250. The van der Waals surface area contributed by atoms with Gasteiger partial charge in [-0.3, -0.25) is 4.79 Å². The van der Waals surface area contributed by atoms with Gasteiger partial charge >= 0.3 is 0 Å². The van der Waals surface area contributed by atoms with Gasteiger partial charge in [-0.25, -0.2) is 0 Å². The largest absolute Gasteiger partial charge is 0.497 e. The van der Waals surface area contributed by atoms with Gasteiger partial charge in [-0.1, -0.05) is 41.6 Å². The van der Waals surface area contributed by atoms with Crippen molar-refractivity contribution in [1.29, 1.82) is 0 Å². The zero-order valence-corrected chi connectivity index (χ0v) is 15.8. The van der Waals surface area contributed by atoms with Gasteiger partial charge in [0, 0.05) is 0 Å². The molecule has 0 bridgehead atoms. The fourth-order valence-corrected chi connectivity index (χ4v) is 3.49. The van der Waals surface area contributed by atoms with Crippen molar-refractivity contribution in [2.24, 2.45) is 10.2 Å². The molecule has 1 heterocycles. The predicted molar refractivity (Wildman–Crippen MR) is 107 cm³/mol. The molecule has 1 atom stereocenters. The Hall–Kier alpha value is -2.60. The summed E-state index contributed by atoms with van der Waals surface area (Å²) in [6, 6.07) is 15.9. The summed E-state index contributed by atoms with van der Waals surface area (Å²) in [5.74, 6) is 0.775. The molecule has 0 radical (unpaired) electrons. The molecular weight excluding hydrogens is 346 g/mol. The second-order valence-electron chi connectivity index (χ2n) is 6.10. The molecule has 2 aromatic carbocycles. The second kappa shape index (κ2) is 8.19. The Morgan fingerprint density at radius 2 is 1.85 bits per heavy atom. The summed E-state index contributed by atoms with van der Waals surface area (Å²) in [5, 5.41) is 11.6. The molecule has 1 saturated heterocycles. The second-order valence-corrected chi connectivity index (χ2v) is 7.30. The van der Waals surface area contributed by atoms with E-state index in [1.54, 1.807) is 7.11 Å². The topological polar surface area (TPSA) is 63.1 Å². The monoisotopic (exact) mass is 367 g/mol. The van der Waals surface area contributed by atoms with Crippen LogP contribution >= 0.6 is 11.8 Å². The molecule has 0 spiro atoms. The van der Waals surface area contributed by atoms with E-state index in [2.05, 4.69) is 46.7 Å². The van der Waals surface area contributed by atoms with Gasteiger partial charge < -0.3 is 10.1 Å². The van der Waals surface area contributed by atoms with E-state index in [1.807, 2.05) is 31.2 Å². The first-order valence-corrected chi connectivity index (χ1v) is 9.23. The summed E-state index contributed by atoms with van der Waals surface area (Å²) in [6.45, 7) is 3.94. The number of amidine groups is 1. The van der Waals surface area contributed by atoms with E-state index in [0.29, 0.717) is 11.6 Å². The molecular formula is C20H21N3O2S. The van der Waals surface area contributed by atoms with Crippen LogP contribution in [0.3, 0.4) is 0 Å². The van der Waals surface area contributed by atoms with Crippen LogP contribution in [-0.4, -0.2) is 29.1 Å². The number of methoxy groups -OCH3 is 1. The number of carbonyl (C=O) groups is 1. The van der Waals surface area contributed by atoms with Crippen LogP contribution in [0.15, 0.2) is 58.7 Å². The Bertz CT molecular complexity index is 842. The molecule has 134 valence electrons. The number of nitrogens with one attached hydrogen (secondary N) is 1. The van der Waals surface area contributed by atoms with Gasteiger partial charge in [0.25, 0.3) is 0 Å². The average molecular weight is 367 g/mol. The number of ether oxygens (including phenoxy) is 1. The zero-order valence-electron chi connectivity index (χ0n) is 15.0. The quantitative estimate of drug-likeness (QED) is 0.649. The van der Waals surface area contributed by atoms with Gasteiger partial charge in [0.2, 0.25) is 5.91 Å². The van der Waals surface area contributed by atoms with E-state index in [4.69, 9.17) is 4.74 Å². The van der Waals surface area contributed by atoms with Crippen LogP contribution in [0.1, 0.15) is 23.6 Å². The van der Waals surface area contributed by atoms with Crippen LogP contribution in [0.5, 0.6) is 5.75 Å². The highest BCUT2D eigenvalue weighted by Crippen LogP contribution is 2.23. The summed E-state index contributed by atoms with van der Waals surface area (Å²) in [6.07, 6.45) is 0.678. The third-order valence-corrected chi connectivity index (χ3v) is 5.19. The smallest absolute Gasteiger partial charge is 0.239 e. The third-order valence-electron chi connectivity index (χ3n) is 4.12. The summed E-state index contributed by atoms with van der Waals surface area (Å²) in [7, 11) is 1.63. The molecule has 3 rings (SSSR count). The molecule has 5 nitrogen and oxygen atoms in total. The highest BCUT2D eigenvalue weighted by Gasteiger charge is 2.30. The number of benzene rings is 2. The fourth-order valence-electron chi connectivity index (χ4n) is 2.54. The molecule has 0 aromatic heterocycles. The van der Waals surface area contributed by atoms with Crippen molar-refractivity contribution >= 4 is 28.5 Å². The number of hydrogen-bond donors (Lipinski definition) is 1. The maximum atomic E-state index is 12.2. The summed E-state index contributed by atoms with van der Waals surface area (Å²) in [5.41, 5.74) is 4.09. The number of nitrogens with zero attached hydrogens (tertiary/aromatic N) is 2. The zero-order chi connectivity index (χ0) is 18.5. The molecule has 1 N–H and O–H groups in total. The van der Waals surface area contributed by atoms with Crippen molar-refractivity contribution in [1.82, 2.24) is 5.32 Å². The lowest BCUT2D eigenvalue weighted by atomic mass is 10.1. The summed E-state index contributed by atoms with van der Waals surface area (Å²) >= 11 is 1.42. The van der Waals surface area contributed by atoms with E-state index in [-0.39, 0.29) is 11.2 Å². The van der Waals surface area contributed by atoms with E-state index >= 15 is 0 Å². The van der Waals surface area contributed by atoms with Gasteiger partial charge in [0.1, 0.15) is 5.75 Å². The molecule has 2 aromatic rings. The number of aryl methyl sites for hydroxylation is 1. The Morgan fingerprint density at radius 3 is 2.50 bits per heavy atom. The van der Waals surface area contributed by atoms with Crippen molar-refractivity contribution in [2.45, 2.75) is 25.5 Å². The predicted octanol–water partition coefficient (Wildman–Crippen LogP) is 3.56. The van der Waals surface area contributed by atoms with E-state index in [9.17, 15) is 4.79 Å². The SMILES string of the molecule is COc1ccc(/C(C)=N\N=C2\NC(=O)[C@@H](Cc3ccc(C)cc3)S2)cc1. The molecule has 0 aliphatic carbocycles. The molecule has 0 unspecified atom stereocenters. The lowest BCUT2D eigenvalue weighted by Gasteiger charge is -2.05. The highest BCUT2D eigenvalue weighted by molar-refractivity contribution is 8.15. The minimum absolute atomic E-state index is 0.0216. The number of carbonyl (C=O) groups excluding carboxylic acids is 1. The molecule has 1 fully saturated rings. The van der Waals surface area contributed by atoms with Crippen LogP contribution in [0.25, 0.3) is 0 Å². The Morgan fingerprint density at radius 1 is 1.15 bits per heavy atom. The number of amides is 1. The standard InChI is InChI=1S/C20H21N3O2S/c1-13-4-6-15(7-5-13)12-18-19(24)21-20(26-18)23-22-14(2)16-8-10-17(25-3)11-9-16/h4-11,18H,12H2,1-3H3,(H,21,23,24)/b22-14-/t18-/m1/s1. The molecule has 6 heteroatoms. The van der Waals surface area contributed by atoms with E-state index in [0.717, 1.165) is 22.6 Å². The van der Waals surface area contributed by atoms with Crippen molar-refractivity contribution in [3.8, 4) is 5.75 Å². The molecule has 1 amide bonds. The first-order chi connectivity index (χ1) is 12.5. The van der Waals surface area contributed by atoms with Crippen molar-refractivity contribution in [2.75, 3.05) is 7.11 Å². The molecule has 0 saturated carbocycles. The van der Waals surface area contributed by atoms with Crippen LogP contribution < -0.4 is 10.1 Å². The molecule has 1 aliphatic rings. The maximum Gasteiger partial charge on any atom is 0.239 e. The van der Waals surface area contributed by atoms with Crippen LogP contribution in [0.4, 0.5) is 0 Å². The minimum atomic E-state index is -0.173. The van der Waals surface area contributed by atoms with Gasteiger partial charge in [-0.05, 0) is 55.7 Å². The van der Waals surface area contributed by atoms with Gasteiger partial charge in [0.05, 0.1) is 18.1 Å². The van der Waals surface area contributed by atoms with Gasteiger partial charge in [-0.15, -0.1) is 5.10 Å². The van der Waals surface area contributed by atoms with Crippen molar-refractivity contribution in [3.63, 3.8) is 0 Å². The van der Waals surface area contributed by atoms with Crippen molar-refractivity contribution in [3.05, 3.63) is 65.2 Å².